The maximum Gasteiger partial charge on any atom is 0.0701 e. The second kappa shape index (κ2) is 7.23. The summed E-state index contributed by atoms with van der Waals surface area (Å²) in [6.45, 7) is 3.42. The fraction of sp³-hybridized carbons (Fsp3) is 1.00. The van der Waals surface area contributed by atoms with Crippen molar-refractivity contribution < 1.29 is 4.74 Å². The Morgan fingerprint density at radius 1 is 1.05 bits per heavy atom. The summed E-state index contributed by atoms with van der Waals surface area (Å²) < 4.78 is 6.29. The van der Waals surface area contributed by atoms with Crippen molar-refractivity contribution in [3.63, 3.8) is 0 Å². The largest absolute Gasteiger partial charge is 0.375 e. The molecule has 1 N–H and O–H groups in total. The molecule has 3 fully saturated rings. The third-order valence-electron chi connectivity index (χ3n) is 6.34. The number of nitrogens with one attached hydrogen (secondary N) is 1. The van der Waals surface area contributed by atoms with Crippen LogP contribution in [0.5, 0.6) is 0 Å². The zero-order chi connectivity index (χ0) is 14.7. The van der Waals surface area contributed by atoms with E-state index in [0.717, 1.165) is 30.4 Å². The van der Waals surface area contributed by atoms with Gasteiger partial charge in [-0.15, -0.1) is 0 Å². The van der Waals surface area contributed by atoms with Gasteiger partial charge in [-0.1, -0.05) is 19.8 Å². The van der Waals surface area contributed by atoms with Gasteiger partial charge in [0.25, 0.3) is 0 Å². The third kappa shape index (κ3) is 3.79. The van der Waals surface area contributed by atoms with Crippen LogP contribution in [0.4, 0.5) is 0 Å². The topological polar surface area (TPSA) is 21.3 Å². The van der Waals surface area contributed by atoms with Crippen LogP contribution in [0.15, 0.2) is 0 Å². The highest BCUT2D eigenvalue weighted by molar-refractivity contribution is 7.99. The zero-order valence-electron chi connectivity index (χ0n) is 13.9. The van der Waals surface area contributed by atoms with E-state index in [1.54, 1.807) is 0 Å². The van der Waals surface area contributed by atoms with Crippen LogP contribution >= 0.6 is 11.8 Å². The van der Waals surface area contributed by atoms with Crippen LogP contribution in [0.25, 0.3) is 0 Å². The van der Waals surface area contributed by atoms with Crippen LogP contribution in [-0.4, -0.2) is 36.8 Å². The molecular formula is C18H33NOS. The van der Waals surface area contributed by atoms with E-state index in [2.05, 4.69) is 31.1 Å². The van der Waals surface area contributed by atoms with Gasteiger partial charge >= 0.3 is 0 Å². The minimum atomic E-state index is 0.241. The van der Waals surface area contributed by atoms with Gasteiger partial charge in [-0.2, -0.15) is 11.8 Å². The number of rotatable bonds is 3. The van der Waals surface area contributed by atoms with Crippen LogP contribution in [0, 0.1) is 17.8 Å². The van der Waals surface area contributed by atoms with Gasteiger partial charge in [0.05, 0.1) is 5.60 Å². The fourth-order valence-electron chi connectivity index (χ4n) is 4.97. The van der Waals surface area contributed by atoms with Crippen molar-refractivity contribution in [1.29, 1.82) is 0 Å². The summed E-state index contributed by atoms with van der Waals surface area (Å²) in [6.07, 6.45) is 10.9. The molecule has 2 saturated heterocycles. The van der Waals surface area contributed by atoms with Crippen LogP contribution in [-0.2, 0) is 4.74 Å². The van der Waals surface area contributed by atoms with E-state index < -0.39 is 0 Å². The van der Waals surface area contributed by atoms with Crippen LogP contribution < -0.4 is 5.32 Å². The molecule has 1 spiro atoms. The summed E-state index contributed by atoms with van der Waals surface area (Å²) in [6, 6.07) is 0.729. The Morgan fingerprint density at radius 3 is 2.43 bits per heavy atom. The van der Waals surface area contributed by atoms with E-state index in [1.807, 2.05) is 0 Å². The summed E-state index contributed by atoms with van der Waals surface area (Å²) in [7, 11) is 2.20. The molecule has 21 heavy (non-hydrogen) atoms. The Kier molecular flexibility index (Phi) is 5.55. The Balaban J connectivity index is 1.63. The highest BCUT2D eigenvalue weighted by atomic mass is 32.2. The summed E-state index contributed by atoms with van der Waals surface area (Å²) in [4.78, 5) is 0. The van der Waals surface area contributed by atoms with Gasteiger partial charge in [-0.05, 0) is 74.8 Å². The predicted octanol–water partition coefficient (Wildman–Crippen LogP) is 4.09. The van der Waals surface area contributed by atoms with Gasteiger partial charge in [0.2, 0.25) is 0 Å². The summed E-state index contributed by atoms with van der Waals surface area (Å²) >= 11 is 2.11. The van der Waals surface area contributed by atoms with Gasteiger partial charge in [-0.25, -0.2) is 0 Å². The zero-order valence-corrected chi connectivity index (χ0v) is 14.7. The van der Waals surface area contributed by atoms with Gasteiger partial charge in [0, 0.05) is 12.6 Å². The van der Waals surface area contributed by atoms with Crippen molar-refractivity contribution in [2.24, 2.45) is 17.8 Å². The molecule has 1 saturated carbocycles. The standard InChI is InChI=1S/C18H33NOS/c1-14-3-5-15(6-4-14)17(19-2)16-7-10-20-18(13-16)8-11-21-12-9-18/h14-17,19H,3-13H2,1-2H3. The van der Waals surface area contributed by atoms with Gasteiger partial charge < -0.3 is 10.1 Å². The first-order chi connectivity index (χ1) is 10.2. The van der Waals surface area contributed by atoms with Gasteiger partial charge in [0.1, 0.15) is 0 Å². The van der Waals surface area contributed by atoms with E-state index >= 15 is 0 Å². The van der Waals surface area contributed by atoms with Crippen molar-refractivity contribution in [2.45, 2.75) is 69.9 Å². The second-order valence-corrected chi connectivity index (χ2v) is 8.96. The lowest BCUT2D eigenvalue weighted by molar-refractivity contribution is -0.110. The Labute approximate surface area is 135 Å². The normalized spacial score (nSPS) is 38.3. The lowest BCUT2D eigenvalue weighted by Crippen LogP contribution is -2.50. The molecular weight excluding hydrogens is 278 g/mol. The van der Waals surface area contributed by atoms with E-state index in [-0.39, 0.29) is 5.60 Å². The fourth-order valence-corrected chi connectivity index (χ4v) is 6.20. The average molecular weight is 312 g/mol. The molecule has 0 aromatic carbocycles. The minimum absolute atomic E-state index is 0.241. The first-order valence-corrected chi connectivity index (χ1v) is 10.3. The summed E-state index contributed by atoms with van der Waals surface area (Å²) in [5, 5.41) is 3.72. The molecule has 2 nitrogen and oxygen atoms in total. The van der Waals surface area contributed by atoms with E-state index in [1.165, 1.54) is 62.9 Å². The second-order valence-electron chi connectivity index (χ2n) is 7.73. The maximum atomic E-state index is 6.29. The molecule has 2 atom stereocenters. The summed E-state index contributed by atoms with van der Waals surface area (Å²) in [5.41, 5.74) is 0.241. The molecule has 0 bridgehead atoms. The van der Waals surface area contributed by atoms with E-state index in [0.29, 0.717) is 0 Å². The van der Waals surface area contributed by atoms with Crippen molar-refractivity contribution >= 4 is 11.8 Å². The quantitative estimate of drug-likeness (QED) is 0.848. The Hall–Kier alpha value is 0.270. The maximum absolute atomic E-state index is 6.29. The number of hydrogen-bond donors (Lipinski definition) is 1. The smallest absolute Gasteiger partial charge is 0.0701 e. The molecule has 3 heteroatoms. The first-order valence-electron chi connectivity index (χ1n) is 9.11. The molecule has 0 aromatic rings. The van der Waals surface area contributed by atoms with Crippen LogP contribution in [0.1, 0.15) is 58.3 Å². The van der Waals surface area contributed by atoms with Crippen molar-refractivity contribution in [1.82, 2.24) is 5.32 Å². The summed E-state index contributed by atoms with van der Waals surface area (Å²) in [5.74, 6) is 5.31. The highest BCUT2D eigenvalue weighted by Crippen LogP contribution is 2.43. The van der Waals surface area contributed by atoms with E-state index in [9.17, 15) is 0 Å². The van der Waals surface area contributed by atoms with Crippen LogP contribution in [0.3, 0.4) is 0 Å². The Morgan fingerprint density at radius 2 is 1.76 bits per heavy atom. The molecule has 0 amide bonds. The van der Waals surface area contributed by atoms with Crippen molar-refractivity contribution in [2.75, 3.05) is 25.2 Å². The predicted molar refractivity (Wildman–Crippen MR) is 91.9 cm³/mol. The van der Waals surface area contributed by atoms with Crippen molar-refractivity contribution in [3.05, 3.63) is 0 Å². The molecule has 0 aromatic heterocycles. The van der Waals surface area contributed by atoms with Crippen LogP contribution in [0.2, 0.25) is 0 Å². The van der Waals surface area contributed by atoms with Crippen molar-refractivity contribution in [3.8, 4) is 0 Å². The number of ether oxygens (including phenoxy) is 1. The molecule has 3 rings (SSSR count). The number of hydrogen-bond acceptors (Lipinski definition) is 3. The van der Waals surface area contributed by atoms with E-state index in [4.69, 9.17) is 4.74 Å². The molecule has 2 heterocycles. The molecule has 0 radical (unpaired) electrons. The molecule has 2 unspecified atom stereocenters. The lowest BCUT2D eigenvalue weighted by Gasteiger charge is -2.47. The van der Waals surface area contributed by atoms with Gasteiger partial charge in [0.15, 0.2) is 0 Å². The van der Waals surface area contributed by atoms with Gasteiger partial charge in [-0.3, -0.25) is 0 Å². The number of thioether (sulfide) groups is 1. The average Bonchev–Trinajstić information content (AvgIpc) is 2.51. The third-order valence-corrected chi connectivity index (χ3v) is 7.33. The molecule has 1 aliphatic carbocycles. The monoisotopic (exact) mass is 311 g/mol. The lowest BCUT2D eigenvalue weighted by atomic mass is 9.70. The molecule has 122 valence electrons. The highest BCUT2D eigenvalue weighted by Gasteiger charge is 2.42. The molecule has 2 aliphatic heterocycles. The molecule has 3 aliphatic rings. The SMILES string of the molecule is CNC(C1CCC(C)CC1)C1CCOC2(CCSCC2)C1. The first kappa shape index (κ1) is 16.1. The Bertz CT molecular complexity index is 316. The minimum Gasteiger partial charge on any atom is -0.375 e.